The molecule has 1 atom stereocenters. The molecule has 5 nitrogen and oxygen atoms in total. The number of nitrogens with zero attached hydrogens (tertiary/aromatic N) is 3. The van der Waals surface area contributed by atoms with Gasteiger partial charge in [0.15, 0.2) is 5.69 Å². The molecule has 18 heavy (non-hydrogen) atoms. The SMILES string of the molecule is CCNc1ccc(C(=O)N2CCCC2CC)nn1. The quantitative estimate of drug-likeness (QED) is 0.884. The Hall–Kier alpha value is -1.65. The molecule has 1 saturated heterocycles. The lowest BCUT2D eigenvalue weighted by molar-refractivity contribution is 0.0726. The molecule has 1 unspecified atom stereocenters. The molecule has 1 aromatic rings. The van der Waals surface area contributed by atoms with Crippen LogP contribution in [-0.2, 0) is 0 Å². The highest BCUT2D eigenvalue weighted by molar-refractivity contribution is 5.92. The van der Waals surface area contributed by atoms with Gasteiger partial charge in [0, 0.05) is 19.1 Å². The molecule has 0 saturated carbocycles. The van der Waals surface area contributed by atoms with Gasteiger partial charge in [0.05, 0.1) is 0 Å². The Balaban J connectivity index is 2.08. The zero-order valence-electron chi connectivity index (χ0n) is 11.0. The van der Waals surface area contributed by atoms with Crippen LogP contribution in [0.1, 0.15) is 43.6 Å². The predicted molar refractivity (Wildman–Crippen MR) is 70.5 cm³/mol. The molecule has 2 heterocycles. The number of hydrogen-bond donors (Lipinski definition) is 1. The van der Waals surface area contributed by atoms with E-state index in [-0.39, 0.29) is 5.91 Å². The summed E-state index contributed by atoms with van der Waals surface area (Å²) in [6.45, 7) is 5.76. The highest BCUT2D eigenvalue weighted by atomic mass is 16.2. The number of aromatic nitrogens is 2. The number of anilines is 1. The summed E-state index contributed by atoms with van der Waals surface area (Å²) in [6.07, 6.45) is 3.20. The van der Waals surface area contributed by atoms with E-state index in [0.29, 0.717) is 17.6 Å². The predicted octanol–water partition coefficient (Wildman–Crippen LogP) is 1.92. The van der Waals surface area contributed by atoms with Gasteiger partial charge in [-0.1, -0.05) is 6.92 Å². The van der Waals surface area contributed by atoms with E-state index in [2.05, 4.69) is 22.4 Å². The summed E-state index contributed by atoms with van der Waals surface area (Å²) in [5, 5.41) is 11.1. The molecule has 0 radical (unpaired) electrons. The van der Waals surface area contributed by atoms with Crippen molar-refractivity contribution in [3.8, 4) is 0 Å². The molecule has 5 heteroatoms. The zero-order chi connectivity index (χ0) is 13.0. The molecule has 0 aliphatic carbocycles. The van der Waals surface area contributed by atoms with Crippen LogP contribution in [0.15, 0.2) is 12.1 Å². The highest BCUT2D eigenvalue weighted by Gasteiger charge is 2.28. The lowest BCUT2D eigenvalue weighted by Gasteiger charge is -2.22. The molecule has 0 aromatic carbocycles. The first-order chi connectivity index (χ1) is 8.76. The van der Waals surface area contributed by atoms with Gasteiger partial charge in [-0.25, -0.2) is 0 Å². The van der Waals surface area contributed by atoms with Gasteiger partial charge < -0.3 is 10.2 Å². The average Bonchev–Trinajstić information content (AvgIpc) is 2.87. The van der Waals surface area contributed by atoms with Crippen LogP contribution < -0.4 is 5.32 Å². The third-order valence-electron chi connectivity index (χ3n) is 3.35. The van der Waals surface area contributed by atoms with E-state index in [9.17, 15) is 4.79 Å². The van der Waals surface area contributed by atoms with E-state index in [4.69, 9.17) is 0 Å². The summed E-state index contributed by atoms with van der Waals surface area (Å²) >= 11 is 0. The Morgan fingerprint density at radius 1 is 1.44 bits per heavy atom. The fourth-order valence-electron chi connectivity index (χ4n) is 2.40. The van der Waals surface area contributed by atoms with Crippen LogP contribution in [0.25, 0.3) is 0 Å². The van der Waals surface area contributed by atoms with Gasteiger partial charge in [0.1, 0.15) is 5.82 Å². The van der Waals surface area contributed by atoms with E-state index < -0.39 is 0 Å². The van der Waals surface area contributed by atoms with Gasteiger partial charge in [0.25, 0.3) is 5.91 Å². The summed E-state index contributed by atoms with van der Waals surface area (Å²) in [5.41, 5.74) is 0.442. The van der Waals surface area contributed by atoms with Crippen LogP contribution in [0, 0.1) is 0 Å². The van der Waals surface area contributed by atoms with E-state index in [1.165, 1.54) is 0 Å². The summed E-state index contributed by atoms with van der Waals surface area (Å²) in [5.74, 6) is 0.720. The van der Waals surface area contributed by atoms with Gasteiger partial charge in [-0.3, -0.25) is 4.79 Å². The van der Waals surface area contributed by atoms with Gasteiger partial charge >= 0.3 is 0 Å². The smallest absolute Gasteiger partial charge is 0.274 e. The Labute approximate surface area is 108 Å². The second-order valence-corrected chi connectivity index (χ2v) is 4.54. The Bertz CT molecular complexity index is 404. The zero-order valence-corrected chi connectivity index (χ0v) is 11.0. The second kappa shape index (κ2) is 5.80. The van der Waals surface area contributed by atoms with Crippen molar-refractivity contribution < 1.29 is 4.79 Å². The first kappa shape index (κ1) is 12.8. The van der Waals surface area contributed by atoms with Crippen LogP contribution >= 0.6 is 0 Å². The molecule has 1 aliphatic heterocycles. The lowest BCUT2D eigenvalue weighted by atomic mass is 10.1. The number of carbonyl (C=O) groups excluding carboxylic acids is 1. The number of rotatable bonds is 4. The van der Waals surface area contributed by atoms with Crippen molar-refractivity contribution in [2.24, 2.45) is 0 Å². The second-order valence-electron chi connectivity index (χ2n) is 4.54. The Kier molecular flexibility index (Phi) is 4.12. The Morgan fingerprint density at radius 3 is 2.89 bits per heavy atom. The minimum Gasteiger partial charge on any atom is -0.369 e. The van der Waals surface area contributed by atoms with Crippen molar-refractivity contribution in [2.75, 3.05) is 18.4 Å². The van der Waals surface area contributed by atoms with Crippen LogP contribution in [0.4, 0.5) is 5.82 Å². The Morgan fingerprint density at radius 2 is 2.28 bits per heavy atom. The molecule has 0 bridgehead atoms. The fraction of sp³-hybridized carbons (Fsp3) is 0.615. The number of carbonyl (C=O) groups is 1. The topological polar surface area (TPSA) is 58.1 Å². The summed E-state index contributed by atoms with van der Waals surface area (Å²) in [7, 11) is 0. The molecule has 1 amide bonds. The van der Waals surface area contributed by atoms with E-state index in [1.807, 2.05) is 11.8 Å². The molecular weight excluding hydrogens is 228 g/mol. The molecule has 98 valence electrons. The summed E-state index contributed by atoms with van der Waals surface area (Å²) in [4.78, 5) is 14.2. The number of amides is 1. The van der Waals surface area contributed by atoms with Crippen molar-refractivity contribution in [1.29, 1.82) is 0 Å². The van der Waals surface area contributed by atoms with Crippen LogP contribution in [0.3, 0.4) is 0 Å². The van der Waals surface area contributed by atoms with Gasteiger partial charge in [-0.2, -0.15) is 0 Å². The maximum absolute atomic E-state index is 12.3. The summed E-state index contributed by atoms with van der Waals surface area (Å²) < 4.78 is 0. The summed E-state index contributed by atoms with van der Waals surface area (Å²) in [6, 6.07) is 3.92. The molecule has 0 spiro atoms. The first-order valence-electron chi connectivity index (χ1n) is 6.64. The van der Waals surface area contributed by atoms with Crippen molar-refractivity contribution in [3.63, 3.8) is 0 Å². The van der Waals surface area contributed by atoms with Crippen molar-refractivity contribution in [1.82, 2.24) is 15.1 Å². The van der Waals surface area contributed by atoms with Crippen molar-refractivity contribution in [3.05, 3.63) is 17.8 Å². The third-order valence-corrected chi connectivity index (χ3v) is 3.35. The van der Waals surface area contributed by atoms with Gasteiger partial charge in [-0.05, 0) is 38.3 Å². The van der Waals surface area contributed by atoms with Crippen LogP contribution in [0.5, 0.6) is 0 Å². The normalized spacial score (nSPS) is 19.0. The van der Waals surface area contributed by atoms with Crippen molar-refractivity contribution in [2.45, 2.75) is 39.2 Å². The largest absolute Gasteiger partial charge is 0.369 e. The number of hydrogen-bond acceptors (Lipinski definition) is 4. The first-order valence-corrected chi connectivity index (χ1v) is 6.64. The maximum atomic E-state index is 12.3. The van der Waals surface area contributed by atoms with Crippen LogP contribution in [-0.4, -0.2) is 40.1 Å². The minimum atomic E-state index is 0.00917. The number of nitrogens with one attached hydrogen (secondary N) is 1. The monoisotopic (exact) mass is 248 g/mol. The highest BCUT2D eigenvalue weighted by Crippen LogP contribution is 2.21. The molecule has 1 N–H and O–H groups in total. The van der Waals surface area contributed by atoms with Crippen molar-refractivity contribution >= 4 is 11.7 Å². The fourth-order valence-corrected chi connectivity index (χ4v) is 2.40. The molecule has 1 aromatic heterocycles. The lowest BCUT2D eigenvalue weighted by Crippen LogP contribution is -2.35. The average molecular weight is 248 g/mol. The van der Waals surface area contributed by atoms with Gasteiger partial charge in [0.2, 0.25) is 0 Å². The van der Waals surface area contributed by atoms with Crippen LogP contribution in [0.2, 0.25) is 0 Å². The van der Waals surface area contributed by atoms with Gasteiger partial charge in [-0.15, -0.1) is 10.2 Å². The van der Waals surface area contributed by atoms with E-state index >= 15 is 0 Å². The maximum Gasteiger partial charge on any atom is 0.274 e. The minimum absolute atomic E-state index is 0.00917. The molecule has 2 rings (SSSR count). The third kappa shape index (κ3) is 2.60. The molecular formula is C13H20N4O. The number of likely N-dealkylation sites (tertiary alicyclic amines) is 1. The van der Waals surface area contributed by atoms with E-state index in [1.54, 1.807) is 12.1 Å². The molecule has 1 fully saturated rings. The van der Waals surface area contributed by atoms with E-state index in [0.717, 1.165) is 32.4 Å². The standard InChI is InChI=1S/C13H20N4O/c1-3-10-6-5-9-17(10)13(18)11-7-8-12(14-4-2)16-15-11/h7-8,10H,3-6,9H2,1-2H3,(H,14,16). The molecule has 1 aliphatic rings.